The van der Waals surface area contributed by atoms with Gasteiger partial charge in [0.2, 0.25) is 0 Å². The third-order valence-electron chi connectivity index (χ3n) is 4.18. The van der Waals surface area contributed by atoms with Crippen molar-refractivity contribution in [3.63, 3.8) is 0 Å². The third-order valence-corrected chi connectivity index (χ3v) is 6.08. The first kappa shape index (κ1) is 13.4. The van der Waals surface area contributed by atoms with E-state index in [9.17, 15) is 4.79 Å². The zero-order valence-electron chi connectivity index (χ0n) is 11.4. The van der Waals surface area contributed by atoms with Crippen molar-refractivity contribution in [1.29, 1.82) is 0 Å². The largest absolute Gasteiger partial charge is 0.478 e. The molecular weight excluding hydrogens is 306 g/mol. The number of nitrogens with zero attached hydrogens (tertiary/aromatic N) is 3. The fraction of sp³-hybridized carbons (Fsp3) is 0.429. The summed E-state index contributed by atoms with van der Waals surface area (Å²) in [6.07, 6.45) is 0. The molecule has 5 nitrogen and oxygen atoms in total. The van der Waals surface area contributed by atoms with Gasteiger partial charge in [-0.2, -0.15) is 0 Å². The number of rotatable bonds is 3. The maximum atomic E-state index is 11.0. The van der Waals surface area contributed by atoms with Crippen LogP contribution in [0.4, 0.5) is 0 Å². The molecule has 5 rings (SSSR count). The predicted octanol–water partition coefficient (Wildman–Crippen LogP) is 2.24. The van der Waals surface area contributed by atoms with Gasteiger partial charge in [0.25, 0.3) is 0 Å². The number of thiophene rings is 1. The quantitative estimate of drug-likeness (QED) is 0.939. The second-order valence-corrected chi connectivity index (χ2v) is 7.23. The van der Waals surface area contributed by atoms with E-state index >= 15 is 0 Å². The van der Waals surface area contributed by atoms with E-state index in [-0.39, 0.29) is 0 Å². The van der Waals surface area contributed by atoms with E-state index in [0.717, 1.165) is 35.2 Å². The standard InChI is InChI=1S/C14H15N3O2S2/c18-14(19)9-5-12(20-7-9)10-8-21-13(15-10)11-6-16-1-3-17(11)4-2-16/h5,7-8,11H,1-4,6H2,(H,18,19). The SMILES string of the molecule is O=C(O)c1csc(-c2csc(C3CN4CCN3CC4)n2)c1. The average molecular weight is 321 g/mol. The molecule has 3 saturated heterocycles. The van der Waals surface area contributed by atoms with Crippen LogP contribution in [-0.4, -0.2) is 58.6 Å². The lowest BCUT2D eigenvalue weighted by atomic mass is 10.1. The molecular formula is C14H15N3O2S2. The molecule has 5 heterocycles. The Balaban J connectivity index is 1.59. The smallest absolute Gasteiger partial charge is 0.336 e. The highest BCUT2D eigenvalue weighted by Gasteiger charge is 2.34. The molecule has 21 heavy (non-hydrogen) atoms. The summed E-state index contributed by atoms with van der Waals surface area (Å²) in [7, 11) is 0. The van der Waals surface area contributed by atoms with Crippen molar-refractivity contribution in [2.75, 3.05) is 32.7 Å². The minimum Gasteiger partial charge on any atom is -0.478 e. The zero-order valence-corrected chi connectivity index (χ0v) is 13.0. The molecule has 2 aromatic rings. The van der Waals surface area contributed by atoms with Gasteiger partial charge in [0.05, 0.1) is 22.2 Å². The van der Waals surface area contributed by atoms with Crippen molar-refractivity contribution in [2.45, 2.75) is 6.04 Å². The molecule has 2 bridgehead atoms. The third kappa shape index (κ3) is 2.40. The van der Waals surface area contributed by atoms with Crippen LogP contribution in [0.1, 0.15) is 21.4 Å². The summed E-state index contributed by atoms with van der Waals surface area (Å²) in [6, 6.07) is 2.12. The Kier molecular flexibility index (Phi) is 3.30. The van der Waals surface area contributed by atoms with Crippen LogP contribution < -0.4 is 0 Å². The van der Waals surface area contributed by atoms with Crippen LogP contribution in [0.15, 0.2) is 16.8 Å². The number of aromatic nitrogens is 1. The molecule has 1 N–H and O–H groups in total. The van der Waals surface area contributed by atoms with Gasteiger partial charge >= 0.3 is 5.97 Å². The Morgan fingerprint density at radius 1 is 1.24 bits per heavy atom. The summed E-state index contributed by atoms with van der Waals surface area (Å²) in [5, 5.41) is 13.9. The first-order valence-electron chi connectivity index (χ1n) is 6.95. The number of piperazine rings is 3. The van der Waals surface area contributed by atoms with E-state index in [1.54, 1.807) is 22.8 Å². The molecule has 0 spiro atoms. The van der Waals surface area contributed by atoms with E-state index in [1.165, 1.54) is 24.4 Å². The lowest BCUT2D eigenvalue weighted by Gasteiger charge is -2.46. The van der Waals surface area contributed by atoms with Gasteiger partial charge in [-0.15, -0.1) is 22.7 Å². The van der Waals surface area contributed by atoms with Crippen LogP contribution in [0.25, 0.3) is 10.6 Å². The molecule has 0 amide bonds. The lowest BCUT2D eigenvalue weighted by molar-refractivity contribution is 0.0123. The van der Waals surface area contributed by atoms with Crippen LogP contribution in [-0.2, 0) is 0 Å². The minimum atomic E-state index is -0.878. The van der Waals surface area contributed by atoms with Crippen LogP contribution in [0.5, 0.6) is 0 Å². The summed E-state index contributed by atoms with van der Waals surface area (Å²) >= 11 is 3.13. The summed E-state index contributed by atoms with van der Waals surface area (Å²) in [5.41, 5.74) is 1.25. The molecule has 1 unspecified atom stereocenters. The maximum Gasteiger partial charge on any atom is 0.336 e. The van der Waals surface area contributed by atoms with E-state index in [4.69, 9.17) is 10.1 Å². The van der Waals surface area contributed by atoms with Gasteiger partial charge in [0, 0.05) is 43.5 Å². The van der Waals surface area contributed by atoms with Gasteiger partial charge in [0.1, 0.15) is 5.01 Å². The zero-order chi connectivity index (χ0) is 14.4. The van der Waals surface area contributed by atoms with Crippen LogP contribution in [0, 0.1) is 0 Å². The molecule has 3 aliphatic heterocycles. The van der Waals surface area contributed by atoms with Crippen molar-refractivity contribution < 1.29 is 9.90 Å². The van der Waals surface area contributed by atoms with Crippen molar-refractivity contribution in [3.05, 3.63) is 27.4 Å². The molecule has 0 aromatic carbocycles. The maximum absolute atomic E-state index is 11.0. The summed E-state index contributed by atoms with van der Waals surface area (Å²) in [4.78, 5) is 21.7. The topological polar surface area (TPSA) is 56.7 Å². The fourth-order valence-electron chi connectivity index (χ4n) is 2.99. The average Bonchev–Trinajstić information content (AvgIpc) is 3.17. The monoisotopic (exact) mass is 321 g/mol. The van der Waals surface area contributed by atoms with E-state index < -0.39 is 5.97 Å². The second-order valence-electron chi connectivity index (χ2n) is 5.43. The van der Waals surface area contributed by atoms with Crippen molar-refractivity contribution >= 4 is 28.6 Å². The molecule has 7 heteroatoms. The molecule has 2 aromatic heterocycles. The highest BCUT2D eigenvalue weighted by molar-refractivity contribution is 7.14. The number of hydrogen-bond donors (Lipinski definition) is 1. The Labute approximate surface area is 130 Å². The van der Waals surface area contributed by atoms with Gasteiger partial charge in [-0.3, -0.25) is 9.80 Å². The van der Waals surface area contributed by atoms with Crippen molar-refractivity contribution in [2.24, 2.45) is 0 Å². The first-order valence-corrected chi connectivity index (χ1v) is 8.70. The van der Waals surface area contributed by atoms with Gasteiger partial charge in [-0.05, 0) is 6.07 Å². The lowest BCUT2D eigenvalue weighted by Crippen LogP contribution is -2.56. The minimum absolute atomic E-state index is 0.344. The molecule has 3 aliphatic rings. The fourth-order valence-corrected chi connectivity index (χ4v) is 4.85. The summed E-state index contributed by atoms with van der Waals surface area (Å²) < 4.78 is 0. The number of fused-ring (bicyclic) bond motifs is 3. The Hall–Kier alpha value is -1.28. The van der Waals surface area contributed by atoms with Crippen LogP contribution in [0.3, 0.4) is 0 Å². The molecule has 1 atom stereocenters. The van der Waals surface area contributed by atoms with E-state index in [0.29, 0.717) is 11.6 Å². The summed E-state index contributed by atoms with van der Waals surface area (Å²) in [6.45, 7) is 5.66. The second kappa shape index (κ2) is 5.17. The van der Waals surface area contributed by atoms with E-state index in [2.05, 4.69) is 9.80 Å². The number of carboxylic acids is 1. The highest BCUT2D eigenvalue weighted by Crippen LogP contribution is 2.34. The Morgan fingerprint density at radius 3 is 2.67 bits per heavy atom. The number of hydrogen-bond acceptors (Lipinski definition) is 6. The molecule has 0 saturated carbocycles. The van der Waals surface area contributed by atoms with Crippen molar-refractivity contribution in [3.8, 4) is 10.6 Å². The number of thiazole rings is 1. The Morgan fingerprint density at radius 2 is 2.05 bits per heavy atom. The number of carboxylic acid groups (broad SMARTS) is 1. The first-order chi connectivity index (χ1) is 10.2. The highest BCUT2D eigenvalue weighted by atomic mass is 32.1. The van der Waals surface area contributed by atoms with Gasteiger partial charge in [0.15, 0.2) is 0 Å². The van der Waals surface area contributed by atoms with Crippen LogP contribution >= 0.6 is 22.7 Å². The molecule has 3 fully saturated rings. The van der Waals surface area contributed by atoms with Gasteiger partial charge < -0.3 is 5.11 Å². The number of carbonyl (C=O) groups is 1. The van der Waals surface area contributed by atoms with E-state index in [1.807, 2.05) is 5.38 Å². The summed E-state index contributed by atoms with van der Waals surface area (Å²) in [5.74, 6) is -0.878. The molecule has 0 aliphatic carbocycles. The van der Waals surface area contributed by atoms with Crippen LogP contribution in [0.2, 0.25) is 0 Å². The van der Waals surface area contributed by atoms with Crippen molar-refractivity contribution in [1.82, 2.24) is 14.8 Å². The molecule has 0 radical (unpaired) electrons. The van der Waals surface area contributed by atoms with Gasteiger partial charge in [-0.1, -0.05) is 0 Å². The normalized spacial score (nSPS) is 27.9. The predicted molar refractivity (Wildman–Crippen MR) is 83.1 cm³/mol. The Bertz CT molecular complexity index is 673. The molecule has 110 valence electrons. The number of aromatic carboxylic acids is 1. The van der Waals surface area contributed by atoms with Gasteiger partial charge in [-0.25, -0.2) is 9.78 Å².